The van der Waals surface area contributed by atoms with Crippen molar-refractivity contribution in [1.82, 2.24) is 0 Å². The molecule has 0 aromatic carbocycles. The number of rotatable bonds is 16. The second-order valence-corrected chi connectivity index (χ2v) is 7.80. The van der Waals surface area contributed by atoms with Gasteiger partial charge in [0.2, 0.25) is 0 Å². The van der Waals surface area contributed by atoms with Crippen LogP contribution < -0.4 is 0 Å². The van der Waals surface area contributed by atoms with Crippen molar-refractivity contribution in [1.29, 1.82) is 0 Å². The van der Waals surface area contributed by atoms with Crippen molar-refractivity contribution in [3.05, 3.63) is 0 Å². The standard InChI is InChI=1S/C21H40O4/c1-17(2)19(21(24)25-18(3)4)15-13-11-9-7-5-6-8-10-12-14-16-20(22)23/h17-19H,5-16H2,1-4H3,(H,22,23). The minimum Gasteiger partial charge on any atom is -0.481 e. The summed E-state index contributed by atoms with van der Waals surface area (Å²) in [5, 5.41) is 8.56. The fourth-order valence-electron chi connectivity index (χ4n) is 3.10. The summed E-state index contributed by atoms with van der Waals surface area (Å²) in [6.45, 7) is 8.01. The van der Waals surface area contributed by atoms with Crippen LogP contribution in [0, 0.1) is 11.8 Å². The lowest BCUT2D eigenvalue weighted by Gasteiger charge is -2.20. The van der Waals surface area contributed by atoms with Crippen LogP contribution in [0.1, 0.15) is 105 Å². The van der Waals surface area contributed by atoms with Gasteiger partial charge in [-0.15, -0.1) is 0 Å². The number of hydrogen-bond acceptors (Lipinski definition) is 3. The molecule has 0 radical (unpaired) electrons. The minimum atomic E-state index is -0.683. The first kappa shape index (κ1) is 23.9. The molecule has 0 aliphatic heterocycles. The minimum absolute atomic E-state index is 0.0297. The molecule has 1 unspecified atom stereocenters. The summed E-state index contributed by atoms with van der Waals surface area (Å²) in [5.74, 6) is -0.342. The van der Waals surface area contributed by atoms with E-state index in [0.29, 0.717) is 12.3 Å². The molecular weight excluding hydrogens is 316 g/mol. The molecule has 1 N–H and O–H groups in total. The van der Waals surface area contributed by atoms with Crippen molar-refractivity contribution >= 4 is 11.9 Å². The topological polar surface area (TPSA) is 63.6 Å². The number of hydrogen-bond donors (Lipinski definition) is 1. The first-order valence-electron chi connectivity index (χ1n) is 10.3. The molecule has 0 saturated carbocycles. The summed E-state index contributed by atoms with van der Waals surface area (Å²) >= 11 is 0. The molecular formula is C21H40O4. The summed E-state index contributed by atoms with van der Waals surface area (Å²) < 4.78 is 5.37. The summed E-state index contributed by atoms with van der Waals surface area (Å²) in [6, 6.07) is 0. The van der Waals surface area contributed by atoms with Crippen LogP contribution in [0.4, 0.5) is 0 Å². The third kappa shape index (κ3) is 14.9. The van der Waals surface area contributed by atoms with Gasteiger partial charge in [0, 0.05) is 6.42 Å². The number of carbonyl (C=O) groups is 2. The van der Waals surface area contributed by atoms with E-state index in [1.165, 1.54) is 38.5 Å². The zero-order valence-corrected chi connectivity index (χ0v) is 16.9. The Labute approximate surface area is 154 Å². The van der Waals surface area contributed by atoms with Gasteiger partial charge in [-0.05, 0) is 32.6 Å². The molecule has 1 atom stereocenters. The van der Waals surface area contributed by atoms with E-state index in [2.05, 4.69) is 13.8 Å². The number of esters is 1. The maximum absolute atomic E-state index is 12.1. The lowest BCUT2D eigenvalue weighted by Crippen LogP contribution is -2.25. The van der Waals surface area contributed by atoms with Gasteiger partial charge in [-0.3, -0.25) is 9.59 Å². The van der Waals surface area contributed by atoms with E-state index in [0.717, 1.165) is 32.1 Å². The third-order valence-electron chi connectivity index (χ3n) is 4.62. The predicted octanol–water partition coefficient (Wildman–Crippen LogP) is 5.98. The smallest absolute Gasteiger partial charge is 0.309 e. The van der Waals surface area contributed by atoms with Crippen molar-refractivity contribution in [2.45, 2.75) is 111 Å². The van der Waals surface area contributed by atoms with Crippen molar-refractivity contribution < 1.29 is 19.4 Å². The number of carbonyl (C=O) groups excluding carboxylic acids is 1. The Kier molecular flexibility index (Phi) is 14.6. The number of aliphatic carboxylic acids is 1. The molecule has 0 fully saturated rings. The number of ether oxygens (including phenoxy) is 1. The van der Waals surface area contributed by atoms with E-state index in [-0.39, 0.29) is 18.0 Å². The zero-order valence-electron chi connectivity index (χ0n) is 16.9. The van der Waals surface area contributed by atoms with Gasteiger partial charge in [0.05, 0.1) is 12.0 Å². The Hall–Kier alpha value is -1.06. The van der Waals surface area contributed by atoms with Crippen LogP contribution in [0.25, 0.3) is 0 Å². The molecule has 0 rings (SSSR count). The van der Waals surface area contributed by atoms with E-state index in [9.17, 15) is 9.59 Å². The Balaban J connectivity index is 3.54. The maximum atomic E-state index is 12.1. The molecule has 148 valence electrons. The Morgan fingerprint density at radius 2 is 1.20 bits per heavy atom. The average Bonchev–Trinajstić information content (AvgIpc) is 2.50. The molecule has 0 spiro atoms. The first-order chi connectivity index (χ1) is 11.8. The summed E-state index contributed by atoms with van der Waals surface area (Å²) in [6.07, 6.45) is 12.7. The molecule has 0 heterocycles. The van der Waals surface area contributed by atoms with Gasteiger partial charge in [0.15, 0.2) is 0 Å². The van der Waals surface area contributed by atoms with Crippen molar-refractivity contribution in [3.63, 3.8) is 0 Å². The number of carboxylic acids is 1. The van der Waals surface area contributed by atoms with Gasteiger partial charge in [-0.2, -0.15) is 0 Å². The molecule has 0 aliphatic rings. The summed E-state index contributed by atoms with van der Waals surface area (Å²) in [7, 11) is 0. The quantitative estimate of drug-likeness (QED) is 0.273. The highest BCUT2D eigenvalue weighted by Gasteiger charge is 2.23. The van der Waals surface area contributed by atoms with Gasteiger partial charge in [-0.1, -0.05) is 71.6 Å². The molecule has 0 aromatic rings. The highest BCUT2D eigenvalue weighted by Crippen LogP contribution is 2.22. The van der Waals surface area contributed by atoms with Crippen molar-refractivity contribution in [2.75, 3.05) is 0 Å². The molecule has 0 aliphatic carbocycles. The van der Waals surface area contributed by atoms with Crippen LogP contribution in [0.15, 0.2) is 0 Å². The summed E-state index contributed by atoms with van der Waals surface area (Å²) in [4.78, 5) is 22.5. The Morgan fingerprint density at radius 3 is 1.60 bits per heavy atom. The lowest BCUT2D eigenvalue weighted by atomic mass is 9.90. The predicted molar refractivity (Wildman–Crippen MR) is 103 cm³/mol. The van der Waals surface area contributed by atoms with Crippen LogP contribution in [-0.2, 0) is 14.3 Å². The summed E-state index contributed by atoms with van der Waals surface area (Å²) in [5.41, 5.74) is 0. The van der Waals surface area contributed by atoms with Gasteiger partial charge in [-0.25, -0.2) is 0 Å². The first-order valence-corrected chi connectivity index (χ1v) is 10.3. The second kappa shape index (κ2) is 15.2. The largest absolute Gasteiger partial charge is 0.481 e. The van der Waals surface area contributed by atoms with E-state index >= 15 is 0 Å². The van der Waals surface area contributed by atoms with Gasteiger partial charge < -0.3 is 9.84 Å². The van der Waals surface area contributed by atoms with Gasteiger partial charge in [0.25, 0.3) is 0 Å². The molecule has 0 bridgehead atoms. The van der Waals surface area contributed by atoms with Crippen molar-refractivity contribution in [3.8, 4) is 0 Å². The van der Waals surface area contributed by atoms with E-state index < -0.39 is 5.97 Å². The molecule has 0 saturated heterocycles. The van der Waals surface area contributed by atoms with Crippen LogP contribution in [0.2, 0.25) is 0 Å². The monoisotopic (exact) mass is 356 g/mol. The second-order valence-electron chi connectivity index (χ2n) is 7.80. The number of unbranched alkanes of at least 4 members (excludes halogenated alkanes) is 9. The van der Waals surface area contributed by atoms with E-state index in [4.69, 9.17) is 9.84 Å². The SMILES string of the molecule is CC(C)OC(=O)C(CCCCCCCCCCCCC(=O)O)C(C)C. The zero-order chi connectivity index (χ0) is 19.1. The van der Waals surface area contributed by atoms with Crippen LogP contribution in [-0.4, -0.2) is 23.1 Å². The molecule has 4 heteroatoms. The van der Waals surface area contributed by atoms with Crippen molar-refractivity contribution in [2.24, 2.45) is 11.8 Å². The molecule has 25 heavy (non-hydrogen) atoms. The average molecular weight is 357 g/mol. The molecule has 4 nitrogen and oxygen atoms in total. The van der Waals surface area contributed by atoms with E-state index in [1.54, 1.807) is 0 Å². The number of carboxylic acid groups (broad SMARTS) is 1. The fraction of sp³-hybridized carbons (Fsp3) is 0.905. The third-order valence-corrected chi connectivity index (χ3v) is 4.62. The normalized spacial score (nSPS) is 12.6. The maximum Gasteiger partial charge on any atom is 0.309 e. The van der Waals surface area contributed by atoms with Gasteiger partial charge in [0.1, 0.15) is 0 Å². The van der Waals surface area contributed by atoms with Crippen LogP contribution in [0.5, 0.6) is 0 Å². The highest BCUT2D eigenvalue weighted by atomic mass is 16.5. The van der Waals surface area contributed by atoms with Crippen LogP contribution in [0.3, 0.4) is 0 Å². The van der Waals surface area contributed by atoms with Crippen LogP contribution >= 0.6 is 0 Å². The van der Waals surface area contributed by atoms with E-state index in [1.807, 2.05) is 13.8 Å². The highest BCUT2D eigenvalue weighted by molar-refractivity contribution is 5.72. The van der Waals surface area contributed by atoms with Gasteiger partial charge >= 0.3 is 11.9 Å². The Bertz CT molecular complexity index is 350. The Morgan fingerprint density at radius 1 is 0.760 bits per heavy atom. The fourth-order valence-corrected chi connectivity index (χ4v) is 3.10. The molecule has 0 amide bonds. The lowest BCUT2D eigenvalue weighted by molar-refractivity contribution is -0.154. The molecule has 0 aromatic heterocycles.